The number of piperidine rings is 1. The summed E-state index contributed by atoms with van der Waals surface area (Å²) < 4.78 is 4.91. The molecule has 1 aliphatic heterocycles. The maximum Gasteiger partial charge on any atom is 0.328 e. The summed E-state index contributed by atoms with van der Waals surface area (Å²) in [5.74, 6) is 0.188. The molecular formula is C17H30N2O3. The van der Waals surface area contributed by atoms with Gasteiger partial charge in [0.05, 0.1) is 7.11 Å². The summed E-state index contributed by atoms with van der Waals surface area (Å²) in [6.45, 7) is 4.01. The SMILES string of the molecule is COC(=O)C(CC1CCNCC1)NC(=O)C1(C)CCCCC1. The van der Waals surface area contributed by atoms with Crippen LogP contribution >= 0.6 is 0 Å². The first-order chi connectivity index (χ1) is 10.5. The second-order valence-electron chi connectivity index (χ2n) is 7.10. The van der Waals surface area contributed by atoms with Crippen LogP contribution in [-0.4, -0.2) is 38.1 Å². The molecule has 126 valence electrons. The minimum absolute atomic E-state index is 0.0246. The van der Waals surface area contributed by atoms with Crippen LogP contribution in [0.4, 0.5) is 0 Å². The molecule has 22 heavy (non-hydrogen) atoms. The van der Waals surface area contributed by atoms with E-state index in [0.29, 0.717) is 12.3 Å². The molecule has 0 bridgehead atoms. The molecule has 0 aromatic carbocycles. The summed E-state index contributed by atoms with van der Waals surface area (Å²) in [7, 11) is 1.40. The van der Waals surface area contributed by atoms with Gasteiger partial charge in [0.15, 0.2) is 0 Å². The van der Waals surface area contributed by atoms with E-state index in [1.165, 1.54) is 13.5 Å². The van der Waals surface area contributed by atoms with Crippen molar-refractivity contribution in [3.8, 4) is 0 Å². The van der Waals surface area contributed by atoms with Crippen LogP contribution in [0.1, 0.15) is 58.3 Å². The van der Waals surface area contributed by atoms with Gasteiger partial charge in [-0.25, -0.2) is 4.79 Å². The molecule has 0 radical (unpaired) electrons. The summed E-state index contributed by atoms with van der Waals surface area (Å²) in [6, 6.07) is -0.501. The summed E-state index contributed by atoms with van der Waals surface area (Å²) in [6.07, 6.45) is 8.04. The van der Waals surface area contributed by atoms with E-state index < -0.39 is 6.04 Å². The molecule has 0 aromatic rings. The van der Waals surface area contributed by atoms with E-state index >= 15 is 0 Å². The molecule has 1 unspecified atom stereocenters. The normalized spacial score (nSPS) is 23.5. The molecule has 2 aliphatic rings. The van der Waals surface area contributed by atoms with Crippen molar-refractivity contribution >= 4 is 11.9 Å². The van der Waals surface area contributed by atoms with Crippen molar-refractivity contribution in [1.82, 2.24) is 10.6 Å². The molecule has 1 atom stereocenters. The molecule has 0 spiro atoms. The lowest BCUT2D eigenvalue weighted by atomic mass is 9.75. The zero-order chi connectivity index (χ0) is 16.0. The molecular weight excluding hydrogens is 280 g/mol. The van der Waals surface area contributed by atoms with Gasteiger partial charge in [0.1, 0.15) is 6.04 Å². The molecule has 2 rings (SSSR count). The Hall–Kier alpha value is -1.10. The molecule has 5 nitrogen and oxygen atoms in total. The lowest BCUT2D eigenvalue weighted by Gasteiger charge is -2.34. The smallest absolute Gasteiger partial charge is 0.328 e. The monoisotopic (exact) mass is 310 g/mol. The number of carbonyl (C=O) groups excluding carboxylic acids is 2. The van der Waals surface area contributed by atoms with Gasteiger partial charge in [-0.3, -0.25) is 4.79 Å². The van der Waals surface area contributed by atoms with Gasteiger partial charge in [-0.15, -0.1) is 0 Å². The molecule has 1 heterocycles. The first-order valence-electron chi connectivity index (χ1n) is 8.65. The van der Waals surface area contributed by atoms with E-state index in [9.17, 15) is 9.59 Å². The van der Waals surface area contributed by atoms with Crippen molar-refractivity contribution in [2.75, 3.05) is 20.2 Å². The lowest BCUT2D eigenvalue weighted by Crippen LogP contribution is -2.49. The topological polar surface area (TPSA) is 67.4 Å². The Kier molecular flexibility index (Phi) is 6.24. The average molecular weight is 310 g/mol. The van der Waals surface area contributed by atoms with Gasteiger partial charge in [0.25, 0.3) is 0 Å². The Balaban J connectivity index is 1.96. The maximum atomic E-state index is 12.7. The highest BCUT2D eigenvalue weighted by Gasteiger charge is 2.37. The largest absolute Gasteiger partial charge is 0.467 e. The van der Waals surface area contributed by atoms with Crippen LogP contribution < -0.4 is 10.6 Å². The number of nitrogens with one attached hydrogen (secondary N) is 2. The van der Waals surface area contributed by atoms with E-state index in [0.717, 1.165) is 51.6 Å². The van der Waals surface area contributed by atoms with Gasteiger partial charge in [-0.1, -0.05) is 26.2 Å². The third-order valence-electron chi connectivity index (χ3n) is 5.32. The molecule has 2 N–H and O–H groups in total. The fourth-order valence-corrected chi connectivity index (χ4v) is 3.70. The summed E-state index contributed by atoms with van der Waals surface area (Å²) in [4.78, 5) is 24.7. The Bertz CT molecular complexity index is 385. The van der Waals surface area contributed by atoms with Gasteiger partial charge in [-0.2, -0.15) is 0 Å². The summed E-state index contributed by atoms with van der Waals surface area (Å²) in [5.41, 5.74) is -0.321. The molecule has 1 aliphatic carbocycles. The van der Waals surface area contributed by atoms with Crippen LogP contribution in [0.3, 0.4) is 0 Å². The second-order valence-corrected chi connectivity index (χ2v) is 7.10. The fraction of sp³-hybridized carbons (Fsp3) is 0.882. The first-order valence-corrected chi connectivity index (χ1v) is 8.65. The van der Waals surface area contributed by atoms with Crippen LogP contribution in [0.25, 0.3) is 0 Å². The number of methoxy groups -OCH3 is 1. The number of hydrogen-bond donors (Lipinski definition) is 2. The highest BCUT2D eigenvalue weighted by atomic mass is 16.5. The molecule has 5 heteroatoms. The van der Waals surface area contributed by atoms with Gasteiger partial charge in [0.2, 0.25) is 5.91 Å². The van der Waals surface area contributed by atoms with E-state index in [4.69, 9.17) is 4.74 Å². The standard InChI is InChI=1S/C17H30N2O3/c1-17(8-4-3-5-9-17)16(21)19-14(15(20)22-2)12-13-6-10-18-11-7-13/h13-14,18H,3-12H2,1-2H3,(H,19,21). The third-order valence-corrected chi connectivity index (χ3v) is 5.32. The van der Waals surface area contributed by atoms with Crippen molar-refractivity contribution < 1.29 is 14.3 Å². The van der Waals surface area contributed by atoms with Gasteiger partial charge in [-0.05, 0) is 51.1 Å². The van der Waals surface area contributed by atoms with E-state index in [1.54, 1.807) is 0 Å². The Morgan fingerprint density at radius 3 is 2.45 bits per heavy atom. The van der Waals surface area contributed by atoms with Gasteiger partial charge < -0.3 is 15.4 Å². The van der Waals surface area contributed by atoms with Crippen molar-refractivity contribution in [2.24, 2.45) is 11.3 Å². The first kappa shape index (κ1) is 17.3. The summed E-state index contributed by atoms with van der Waals surface area (Å²) >= 11 is 0. The van der Waals surface area contributed by atoms with Crippen LogP contribution in [0.2, 0.25) is 0 Å². The number of esters is 1. The molecule has 0 aromatic heterocycles. The Labute approximate surface area is 133 Å². The second kappa shape index (κ2) is 7.95. The molecule has 1 amide bonds. The molecule has 2 fully saturated rings. The van der Waals surface area contributed by atoms with Crippen LogP contribution in [0.5, 0.6) is 0 Å². The minimum atomic E-state index is -0.501. The van der Waals surface area contributed by atoms with Gasteiger partial charge in [0, 0.05) is 5.41 Å². The number of hydrogen-bond acceptors (Lipinski definition) is 4. The van der Waals surface area contributed by atoms with Crippen molar-refractivity contribution in [2.45, 2.75) is 64.3 Å². The van der Waals surface area contributed by atoms with Crippen LogP contribution in [0.15, 0.2) is 0 Å². The van der Waals surface area contributed by atoms with Crippen molar-refractivity contribution in [1.29, 1.82) is 0 Å². The number of amides is 1. The fourth-order valence-electron chi connectivity index (χ4n) is 3.70. The number of ether oxygens (including phenoxy) is 1. The Morgan fingerprint density at radius 2 is 1.86 bits per heavy atom. The third kappa shape index (κ3) is 4.45. The van der Waals surface area contributed by atoms with E-state index in [2.05, 4.69) is 10.6 Å². The molecule has 1 saturated heterocycles. The lowest BCUT2D eigenvalue weighted by molar-refractivity contribution is -0.147. The van der Waals surface area contributed by atoms with Crippen molar-refractivity contribution in [3.05, 3.63) is 0 Å². The predicted octanol–water partition coefficient (Wildman–Crippen LogP) is 2.00. The zero-order valence-electron chi connectivity index (χ0n) is 14.0. The van der Waals surface area contributed by atoms with E-state index in [1.807, 2.05) is 6.92 Å². The van der Waals surface area contributed by atoms with Crippen LogP contribution in [-0.2, 0) is 14.3 Å². The summed E-state index contributed by atoms with van der Waals surface area (Å²) in [5, 5.41) is 6.32. The minimum Gasteiger partial charge on any atom is -0.467 e. The number of rotatable bonds is 5. The Morgan fingerprint density at radius 1 is 1.23 bits per heavy atom. The number of carbonyl (C=O) groups is 2. The highest BCUT2D eigenvalue weighted by Crippen LogP contribution is 2.36. The quantitative estimate of drug-likeness (QED) is 0.762. The van der Waals surface area contributed by atoms with E-state index in [-0.39, 0.29) is 17.3 Å². The van der Waals surface area contributed by atoms with Gasteiger partial charge >= 0.3 is 5.97 Å². The maximum absolute atomic E-state index is 12.7. The predicted molar refractivity (Wildman–Crippen MR) is 85.3 cm³/mol. The van der Waals surface area contributed by atoms with Crippen LogP contribution in [0, 0.1) is 11.3 Å². The average Bonchev–Trinajstić information content (AvgIpc) is 2.55. The molecule has 1 saturated carbocycles. The zero-order valence-corrected chi connectivity index (χ0v) is 14.0. The van der Waals surface area contributed by atoms with Crippen molar-refractivity contribution in [3.63, 3.8) is 0 Å². The highest BCUT2D eigenvalue weighted by molar-refractivity contribution is 5.87.